The molecule has 0 bridgehead atoms. The first kappa shape index (κ1) is 28.6. The van der Waals surface area contributed by atoms with Crippen LogP contribution in [0.4, 0.5) is 5.69 Å². The zero-order valence-electron chi connectivity index (χ0n) is 20.4. The van der Waals surface area contributed by atoms with Crippen LogP contribution >= 0.6 is 34.8 Å². The Hall–Kier alpha value is -2.00. The van der Waals surface area contributed by atoms with Crippen LogP contribution < -0.4 is 9.62 Å². The maximum atomic E-state index is 13.7. The van der Waals surface area contributed by atoms with Gasteiger partial charge in [-0.2, -0.15) is 0 Å². The van der Waals surface area contributed by atoms with Crippen LogP contribution in [-0.2, 0) is 26.2 Å². The van der Waals surface area contributed by atoms with Crippen molar-refractivity contribution in [2.45, 2.75) is 58.2 Å². The Morgan fingerprint density at radius 3 is 2.28 bits per heavy atom. The van der Waals surface area contributed by atoms with Gasteiger partial charge >= 0.3 is 0 Å². The van der Waals surface area contributed by atoms with E-state index >= 15 is 0 Å². The minimum Gasteiger partial charge on any atom is -0.352 e. The van der Waals surface area contributed by atoms with Crippen molar-refractivity contribution >= 4 is 62.3 Å². The van der Waals surface area contributed by atoms with Crippen molar-refractivity contribution in [1.29, 1.82) is 0 Å². The van der Waals surface area contributed by atoms with Gasteiger partial charge < -0.3 is 10.2 Å². The molecule has 1 aliphatic carbocycles. The highest BCUT2D eigenvalue weighted by Crippen LogP contribution is 2.28. The maximum absolute atomic E-state index is 13.7. The standard InChI is InChI=1S/C25H30Cl3N3O4S/c1-16-8-10-20(27)13-23(16)31(36(3,34)35)15-24(32)30(14-18-9-11-19(26)12-22(18)28)17(2)25(33)29-21-6-4-5-7-21/h8-13,17,21H,4-7,14-15H2,1-3H3,(H,29,33)/t17-/m0/s1. The topological polar surface area (TPSA) is 86.8 Å². The highest BCUT2D eigenvalue weighted by molar-refractivity contribution is 7.92. The highest BCUT2D eigenvalue weighted by Gasteiger charge is 2.32. The molecule has 1 atom stereocenters. The van der Waals surface area contributed by atoms with Gasteiger partial charge in [0.05, 0.1) is 11.9 Å². The average Bonchev–Trinajstić information content (AvgIpc) is 3.30. The third kappa shape index (κ3) is 7.28. The SMILES string of the molecule is Cc1ccc(Cl)cc1N(CC(=O)N(Cc1ccc(Cl)cc1Cl)[C@@H](C)C(=O)NC1CCCC1)S(C)(=O)=O. The molecule has 1 saturated carbocycles. The third-order valence-corrected chi connectivity index (χ3v) is 8.29. The number of aryl methyl sites for hydroxylation is 1. The van der Waals surface area contributed by atoms with Crippen molar-refractivity contribution in [3.8, 4) is 0 Å². The number of amides is 2. The third-order valence-electron chi connectivity index (χ3n) is 6.34. The van der Waals surface area contributed by atoms with Gasteiger partial charge in [-0.25, -0.2) is 8.42 Å². The Bertz CT molecular complexity index is 1230. The van der Waals surface area contributed by atoms with Crippen molar-refractivity contribution in [1.82, 2.24) is 10.2 Å². The van der Waals surface area contributed by atoms with Crippen LogP contribution in [-0.4, -0.2) is 50.0 Å². The zero-order chi connectivity index (χ0) is 26.6. The Morgan fingerprint density at radius 1 is 1.06 bits per heavy atom. The van der Waals surface area contributed by atoms with E-state index in [-0.39, 0.29) is 18.5 Å². The van der Waals surface area contributed by atoms with Gasteiger partial charge in [-0.15, -0.1) is 0 Å². The van der Waals surface area contributed by atoms with Gasteiger partial charge in [-0.05, 0) is 62.1 Å². The number of carbonyl (C=O) groups is 2. The molecule has 196 valence electrons. The molecule has 0 heterocycles. The van der Waals surface area contributed by atoms with E-state index in [1.165, 1.54) is 11.0 Å². The smallest absolute Gasteiger partial charge is 0.244 e. The number of halogens is 3. The average molecular weight is 575 g/mol. The number of sulfonamides is 1. The van der Waals surface area contributed by atoms with E-state index in [0.717, 1.165) is 36.2 Å². The van der Waals surface area contributed by atoms with Gasteiger partial charge in [0.25, 0.3) is 0 Å². The first-order chi connectivity index (χ1) is 16.9. The lowest BCUT2D eigenvalue weighted by Crippen LogP contribution is -2.52. The summed E-state index contributed by atoms with van der Waals surface area (Å²) >= 11 is 18.5. The number of benzene rings is 2. The number of hydrogen-bond acceptors (Lipinski definition) is 4. The van der Waals surface area contributed by atoms with Crippen LogP contribution in [0.3, 0.4) is 0 Å². The molecule has 0 aromatic heterocycles. The Kier molecular flexibility index (Phi) is 9.55. The Morgan fingerprint density at radius 2 is 1.67 bits per heavy atom. The lowest BCUT2D eigenvalue weighted by atomic mass is 10.1. The molecule has 0 spiro atoms. The number of anilines is 1. The van der Waals surface area contributed by atoms with Crippen LogP contribution in [0.5, 0.6) is 0 Å². The summed E-state index contributed by atoms with van der Waals surface area (Å²) in [6.45, 7) is 2.85. The molecule has 1 N–H and O–H groups in total. The predicted octanol–water partition coefficient (Wildman–Crippen LogP) is 5.20. The van der Waals surface area contributed by atoms with Crippen LogP contribution in [0.25, 0.3) is 0 Å². The number of carbonyl (C=O) groups excluding carboxylic acids is 2. The zero-order valence-corrected chi connectivity index (χ0v) is 23.5. The summed E-state index contributed by atoms with van der Waals surface area (Å²) in [6.07, 6.45) is 4.91. The summed E-state index contributed by atoms with van der Waals surface area (Å²) in [5.41, 5.74) is 1.52. The normalized spacial score (nSPS) is 14.9. The molecule has 36 heavy (non-hydrogen) atoms. The second-order valence-corrected chi connectivity index (χ2v) is 12.3. The number of nitrogens with one attached hydrogen (secondary N) is 1. The molecule has 7 nitrogen and oxygen atoms in total. The fourth-order valence-electron chi connectivity index (χ4n) is 4.25. The van der Waals surface area contributed by atoms with Crippen LogP contribution in [0.15, 0.2) is 36.4 Å². The van der Waals surface area contributed by atoms with E-state index in [1.807, 2.05) is 0 Å². The van der Waals surface area contributed by atoms with Crippen LogP contribution in [0.2, 0.25) is 15.1 Å². The molecule has 1 fully saturated rings. The quantitative estimate of drug-likeness (QED) is 0.446. The summed E-state index contributed by atoms with van der Waals surface area (Å²) in [4.78, 5) is 28.1. The summed E-state index contributed by atoms with van der Waals surface area (Å²) in [5, 5.41) is 4.14. The van der Waals surface area contributed by atoms with E-state index in [1.54, 1.807) is 44.2 Å². The molecule has 2 aromatic carbocycles. The fraction of sp³-hybridized carbons (Fsp3) is 0.440. The van der Waals surface area contributed by atoms with E-state index in [4.69, 9.17) is 34.8 Å². The summed E-state index contributed by atoms with van der Waals surface area (Å²) in [6, 6.07) is 8.92. The minimum atomic E-state index is -3.85. The van der Waals surface area contributed by atoms with Crippen LogP contribution in [0, 0.1) is 6.92 Å². The highest BCUT2D eigenvalue weighted by atomic mass is 35.5. The molecule has 11 heteroatoms. The van der Waals surface area contributed by atoms with Crippen molar-refractivity contribution in [3.63, 3.8) is 0 Å². The van der Waals surface area contributed by atoms with E-state index < -0.39 is 28.5 Å². The molecular weight excluding hydrogens is 545 g/mol. The molecule has 0 unspecified atom stereocenters. The van der Waals surface area contributed by atoms with Crippen molar-refractivity contribution in [2.75, 3.05) is 17.1 Å². The number of rotatable bonds is 9. The molecule has 0 aliphatic heterocycles. The second kappa shape index (κ2) is 12.0. The molecule has 0 saturated heterocycles. The maximum Gasteiger partial charge on any atom is 0.244 e. The molecule has 2 aromatic rings. The molecular formula is C25H30Cl3N3O4S. The van der Waals surface area contributed by atoms with Gasteiger partial charge in [0.1, 0.15) is 12.6 Å². The van der Waals surface area contributed by atoms with Crippen molar-refractivity contribution < 1.29 is 18.0 Å². The van der Waals surface area contributed by atoms with Gasteiger partial charge in [0.15, 0.2) is 0 Å². The summed E-state index contributed by atoms with van der Waals surface area (Å²) < 4.78 is 26.5. The van der Waals surface area contributed by atoms with Crippen LogP contribution in [0.1, 0.15) is 43.7 Å². The first-order valence-corrected chi connectivity index (χ1v) is 14.6. The predicted molar refractivity (Wildman–Crippen MR) is 145 cm³/mol. The Balaban J connectivity index is 1.94. The van der Waals surface area contributed by atoms with E-state index in [2.05, 4.69) is 5.32 Å². The van der Waals surface area contributed by atoms with Gasteiger partial charge in [0.2, 0.25) is 21.8 Å². The lowest BCUT2D eigenvalue weighted by molar-refractivity contribution is -0.139. The first-order valence-electron chi connectivity index (χ1n) is 11.6. The molecule has 0 radical (unpaired) electrons. The number of nitrogens with zero attached hydrogens (tertiary/aromatic N) is 2. The monoisotopic (exact) mass is 573 g/mol. The minimum absolute atomic E-state index is 0.000217. The largest absolute Gasteiger partial charge is 0.352 e. The summed E-state index contributed by atoms with van der Waals surface area (Å²) in [5.74, 6) is -0.856. The van der Waals surface area contributed by atoms with E-state index in [0.29, 0.717) is 31.9 Å². The molecule has 3 rings (SSSR count). The lowest BCUT2D eigenvalue weighted by Gasteiger charge is -2.32. The number of hydrogen-bond donors (Lipinski definition) is 1. The van der Waals surface area contributed by atoms with Gasteiger partial charge in [-0.1, -0.05) is 59.8 Å². The van der Waals surface area contributed by atoms with Gasteiger partial charge in [-0.3, -0.25) is 13.9 Å². The van der Waals surface area contributed by atoms with Crippen molar-refractivity contribution in [2.24, 2.45) is 0 Å². The Labute approximate surface area is 227 Å². The summed E-state index contributed by atoms with van der Waals surface area (Å²) in [7, 11) is -3.85. The second-order valence-electron chi connectivity index (χ2n) is 9.12. The molecule has 2 amide bonds. The molecule has 1 aliphatic rings. The van der Waals surface area contributed by atoms with Crippen molar-refractivity contribution in [3.05, 3.63) is 62.6 Å². The fourth-order valence-corrected chi connectivity index (χ4v) is 5.79. The van der Waals surface area contributed by atoms with E-state index in [9.17, 15) is 18.0 Å². The van der Waals surface area contributed by atoms with Gasteiger partial charge in [0, 0.05) is 27.7 Å².